The molecule has 0 spiro atoms. The van der Waals surface area contributed by atoms with Crippen LogP contribution in [0.2, 0.25) is 0 Å². The molecule has 1 aromatic rings. The fraction of sp³-hybridized carbons (Fsp3) is 0.533. The molecule has 1 heterocycles. The molecule has 0 aromatic heterocycles. The van der Waals surface area contributed by atoms with Gasteiger partial charge < -0.3 is 10.2 Å². The maximum atomic E-state index is 12.7. The first-order valence-corrected chi connectivity index (χ1v) is 6.62. The van der Waals surface area contributed by atoms with E-state index in [0.29, 0.717) is 0 Å². The zero-order valence-corrected chi connectivity index (χ0v) is 11.4. The largest absolute Gasteiger partial charge is 0.309 e. The number of nitrogens with one attached hydrogen (secondary N) is 1. The molecule has 1 aliphatic rings. The number of hydrogen-bond acceptors (Lipinski definition) is 2. The van der Waals surface area contributed by atoms with Gasteiger partial charge in [0.1, 0.15) is 0 Å². The third kappa shape index (κ3) is 2.41. The molecule has 1 atom stereocenters. The van der Waals surface area contributed by atoms with E-state index < -0.39 is 0 Å². The van der Waals surface area contributed by atoms with Gasteiger partial charge in [0.15, 0.2) is 0 Å². The number of amides is 1. The van der Waals surface area contributed by atoms with Crippen LogP contribution >= 0.6 is 0 Å². The highest BCUT2D eigenvalue weighted by molar-refractivity contribution is 5.98. The van der Waals surface area contributed by atoms with Crippen molar-refractivity contribution in [3.8, 4) is 0 Å². The average Bonchev–Trinajstić information content (AvgIpc) is 2.46. The maximum absolute atomic E-state index is 12.7. The molecule has 98 valence electrons. The summed E-state index contributed by atoms with van der Waals surface area (Å²) >= 11 is 0. The summed E-state index contributed by atoms with van der Waals surface area (Å²) in [6.45, 7) is 4.30. The van der Waals surface area contributed by atoms with Gasteiger partial charge in [-0.3, -0.25) is 4.79 Å². The lowest BCUT2D eigenvalue weighted by molar-refractivity contribution is -0.121. The Hall–Kier alpha value is -1.35. The van der Waals surface area contributed by atoms with Crippen LogP contribution in [0.25, 0.3) is 0 Å². The van der Waals surface area contributed by atoms with E-state index in [1.165, 1.54) is 0 Å². The Balaban J connectivity index is 2.40. The lowest BCUT2D eigenvalue weighted by atomic mass is 9.96. The van der Waals surface area contributed by atoms with Crippen LogP contribution in [-0.4, -0.2) is 24.5 Å². The van der Waals surface area contributed by atoms with Crippen LogP contribution < -0.4 is 10.2 Å². The van der Waals surface area contributed by atoms with E-state index in [2.05, 4.69) is 19.2 Å². The molecule has 0 aliphatic carbocycles. The van der Waals surface area contributed by atoms with E-state index in [1.807, 2.05) is 42.3 Å². The van der Waals surface area contributed by atoms with Crippen LogP contribution in [0.3, 0.4) is 0 Å². The minimum absolute atomic E-state index is 0.0630. The molecule has 2 rings (SSSR count). The fourth-order valence-electron chi connectivity index (χ4n) is 2.75. The zero-order valence-electron chi connectivity index (χ0n) is 11.4. The summed E-state index contributed by atoms with van der Waals surface area (Å²) in [5, 5.41) is 3.14. The standard InChI is InChI=1S/C15H22N2O/c1-15(2)11-7-10-13(16-3)14(18)17(15)12-8-5-4-6-9-12/h4-6,8-9,13,16H,7,10-11H2,1-3H3. The highest BCUT2D eigenvalue weighted by atomic mass is 16.2. The molecule has 1 aromatic carbocycles. The molecule has 1 amide bonds. The third-order valence-corrected chi connectivity index (χ3v) is 3.77. The number of para-hydroxylation sites is 1. The second kappa shape index (κ2) is 5.11. The predicted octanol–water partition coefficient (Wildman–Crippen LogP) is 2.57. The molecule has 0 saturated carbocycles. The van der Waals surface area contributed by atoms with Gasteiger partial charge in [-0.05, 0) is 52.3 Å². The van der Waals surface area contributed by atoms with Gasteiger partial charge in [-0.15, -0.1) is 0 Å². The van der Waals surface area contributed by atoms with Crippen molar-refractivity contribution in [3.63, 3.8) is 0 Å². The van der Waals surface area contributed by atoms with Crippen LogP contribution in [0.5, 0.6) is 0 Å². The predicted molar refractivity (Wildman–Crippen MR) is 74.7 cm³/mol. The molecule has 1 fully saturated rings. The number of anilines is 1. The topological polar surface area (TPSA) is 32.3 Å². The molecule has 18 heavy (non-hydrogen) atoms. The van der Waals surface area contributed by atoms with Gasteiger partial charge in [-0.2, -0.15) is 0 Å². The normalized spacial score (nSPS) is 23.8. The lowest BCUT2D eigenvalue weighted by Gasteiger charge is -2.38. The van der Waals surface area contributed by atoms with E-state index in [9.17, 15) is 4.79 Å². The van der Waals surface area contributed by atoms with Crippen LogP contribution in [0, 0.1) is 0 Å². The van der Waals surface area contributed by atoms with E-state index in [0.717, 1.165) is 24.9 Å². The van der Waals surface area contributed by atoms with E-state index in [1.54, 1.807) is 0 Å². The van der Waals surface area contributed by atoms with Gasteiger partial charge in [-0.1, -0.05) is 18.2 Å². The second-order valence-electron chi connectivity index (χ2n) is 5.56. The average molecular weight is 246 g/mol. The van der Waals surface area contributed by atoms with Crippen molar-refractivity contribution in [1.82, 2.24) is 5.32 Å². The number of carbonyl (C=O) groups is 1. The number of hydrogen-bond donors (Lipinski definition) is 1. The Kier molecular flexibility index (Phi) is 3.71. The van der Waals surface area contributed by atoms with Crippen molar-refractivity contribution in [2.45, 2.75) is 44.7 Å². The van der Waals surface area contributed by atoms with Gasteiger partial charge in [0, 0.05) is 11.2 Å². The summed E-state index contributed by atoms with van der Waals surface area (Å²) in [4.78, 5) is 14.6. The first-order valence-electron chi connectivity index (χ1n) is 6.62. The molecule has 3 nitrogen and oxygen atoms in total. The van der Waals surface area contributed by atoms with Crippen LogP contribution in [0.1, 0.15) is 33.1 Å². The Morgan fingerprint density at radius 1 is 1.28 bits per heavy atom. The molecule has 1 saturated heterocycles. The Labute approximate surface area is 109 Å². The summed E-state index contributed by atoms with van der Waals surface area (Å²) in [5.74, 6) is 0.186. The van der Waals surface area contributed by atoms with Gasteiger partial charge in [0.25, 0.3) is 0 Å². The SMILES string of the molecule is CNC1CCCC(C)(C)N(c2ccccc2)C1=O. The maximum Gasteiger partial charge on any atom is 0.244 e. The van der Waals surface area contributed by atoms with E-state index in [-0.39, 0.29) is 17.5 Å². The summed E-state index contributed by atoms with van der Waals surface area (Å²) in [6, 6.07) is 9.91. The third-order valence-electron chi connectivity index (χ3n) is 3.77. The minimum atomic E-state index is -0.121. The van der Waals surface area contributed by atoms with Crippen molar-refractivity contribution in [2.75, 3.05) is 11.9 Å². The van der Waals surface area contributed by atoms with Gasteiger partial charge in [-0.25, -0.2) is 0 Å². The highest BCUT2D eigenvalue weighted by Gasteiger charge is 2.37. The molecule has 0 bridgehead atoms. The van der Waals surface area contributed by atoms with Crippen LogP contribution in [0.4, 0.5) is 5.69 Å². The summed E-state index contributed by atoms with van der Waals surface area (Å²) in [5.41, 5.74) is 0.874. The zero-order chi connectivity index (χ0) is 13.2. The lowest BCUT2D eigenvalue weighted by Crippen LogP contribution is -2.52. The van der Waals surface area contributed by atoms with E-state index in [4.69, 9.17) is 0 Å². The Morgan fingerprint density at radius 3 is 2.56 bits per heavy atom. The second-order valence-corrected chi connectivity index (χ2v) is 5.56. The molecule has 1 unspecified atom stereocenters. The van der Waals surface area contributed by atoms with Gasteiger partial charge in [0.2, 0.25) is 5.91 Å². The van der Waals surface area contributed by atoms with Gasteiger partial charge in [0.05, 0.1) is 6.04 Å². The molecule has 3 heteroatoms. The Morgan fingerprint density at radius 2 is 1.94 bits per heavy atom. The first-order chi connectivity index (χ1) is 8.56. The number of rotatable bonds is 2. The van der Waals surface area contributed by atoms with Crippen molar-refractivity contribution < 1.29 is 4.79 Å². The van der Waals surface area contributed by atoms with Crippen molar-refractivity contribution in [2.24, 2.45) is 0 Å². The Bertz CT molecular complexity index is 414. The smallest absolute Gasteiger partial charge is 0.244 e. The number of likely N-dealkylation sites (N-methyl/N-ethyl adjacent to an activating group) is 1. The highest BCUT2D eigenvalue weighted by Crippen LogP contribution is 2.32. The fourth-order valence-corrected chi connectivity index (χ4v) is 2.75. The van der Waals surface area contributed by atoms with Crippen LogP contribution in [-0.2, 0) is 4.79 Å². The quantitative estimate of drug-likeness (QED) is 0.870. The summed E-state index contributed by atoms with van der Waals surface area (Å²) in [7, 11) is 1.87. The van der Waals surface area contributed by atoms with Crippen LogP contribution in [0.15, 0.2) is 30.3 Å². The monoisotopic (exact) mass is 246 g/mol. The number of nitrogens with zero attached hydrogens (tertiary/aromatic N) is 1. The van der Waals surface area contributed by atoms with E-state index >= 15 is 0 Å². The minimum Gasteiger partial charge on any atom is -0.309 e. The van der Waals surface area contributed by atoms with Crippen molar-refractivity contribution in [1.29, 1.82) is 0 Å². The van der Waals surface area contributed by atoms with Crippen molar-refractivity contribution in [3.05, 3.63) is 30.3 Å². The summed E-state index contributed by atoms with van der Waals surface area (Å²) < 4.78 is 0. The molecular weight excluding hydrogens is 224 g/mol. The summed E-state index contributed by atoms with van der Waals surface area (Å²) in [6.07, 6.45) is 3.03. The first kappa shape index (κ1) is 13.1. The molecular formula is C15H22N2O. The molecule has 0 radical (unpaired) electrons. The number of benzene rings is 1. The van der Waals surface area contributed by atoms with Gasteiger partial charge >= 0.3 is 0 Å². The molecule has 1 N–H and O–H groups in total. The number of carbonyl (C=O) groups excluding carboxylic acids is 1. The molecule has 1 aliphatic heterocycles. The van der Waals surface area contributed by atoms with Crippen molar-refractivity contribution >= 4 is 11.6 Å².